The largest absolute Gasteiger partial charge is 0.573 e. The third-order valence-corrected chi connectivity index (χ3v) is 4.52. The van der Waals surface area contributed by atoms with Crippen molar-refractivity contribution in [3.63, 3.8) is 0 Å². The van der Waals surface area contributed by atoms with E-state index in [1.54, 1.807) is 6.07 Å². The van der Waals surface area contributed by atoms with Gasteiger partial charge in [0, 0.05) is 28.9 Å². The molecule has 0 saturated carbocycles. The summed E-state index contributed by atoms with van der Waals surface area (Å²) in [6.45, 7) is 2.33. The number of halogens is 3. The molecule has 0 saturated heterocycles. The number of aryl methyl sites for hydroxylation is 1. The molecule has 0 bridgehead atoms. The van der Waals surface area contributed by atoms with Gasteiger partial charge in [0.2, 0.25) is 0 Å². The number of benzene rings is 3. The minimum Gasteiger partial charge on any atom is -0.489 e. The van der Waals surface area contributed by atoms with Gasteiger partial charge >= 0.3 is 6.36 Å². The third kappa shape index (κ3) is 4.37. The van der Waals surface area contributed by atoms with Crippen LogP contribution >= 0.6 is 0 Å². The van der Waals surface area contributed by atoms with Gasteiger partial charge in [-0.2, -0.15) is 0 Å². The quantitative estimate of drug-likeness (QED) is 0.388. The molecule has 148 valence electrons. The van der Waals surface area contributed by atoms with E-state index in [1.807, 2.05) is 72.2 Å². The van der Waals surface area contributed by atoms with E-state index in [1.165, 1.54) is 12.1 Å². The molecule has 0 aliphatic heterocycles. The van der Waals surface area contributed by atoms with Gasteiger partial charge in [-0.05, 0) is 42.8 Å². The van der Waals surface area contributed by atoms with Crippen LogP contribution in [0.25, 0.3) is 16.6 Å². The Balaban J connectivity index is 1.66. The molecule has 4 aromatic rings. The Morgan fingerprint density at radius 1 is 0.828 bits per heavy atom. The minimum atomic E-state index is -4.73. The first-order valence-electron chi connectivity index (χ1n) is 9.04. The number of rotatable bonds is 5. The molecule has 29 heavy (non-hydrogen) atoms. The summed E-state index contributed by atoms with van der Waals surface area (Å²) >= 11 is 0. The van der Waals surface area contributed by atoms with Crippen LogP contribution in [-0.2, 0) is 6.61 Å². The Morgan fingerprint density at radius 2 is 1.62 bits per heavy atom. The highest BCUT2D eigenvalue weighted by atomic mass is 19.4. The van der Waals surface area contributed by atoms with E-state index < -0.39 is 6.36 Å². The van der Waals surface area contributed by atoms with E-state index in [-0.39, 0.29) is 5.75 Å². The molecule has 0 amide bonds. The first-order chi connectivity index (χ1) is 13.9. The van der Waals surface area contributed by atoms with Crippen molar-refractivity contribution in [2.45, 2.75) is 19.9 Å². The highest BCUT2D eigenvalue weighted by Gasteiger charge is 2.31. The zero-order chi connectivity index (χ0) is 20.4. The molecule has 0 aliphatic rings. The van der Waals surface area contributed by atoms with E-state index in [0.29, 0.717) is 17.9 Å². The monoisotopic (exact) mass is 397 g/mol. The lowest BCUT2D eigenvalue weighted by atomic mass is 10.2. The van der Waals surface area contributed by atoms with Crippen LogP contribution in [-0.4, -0.2) is 10.9 Å². The molecule has 0 unspecified atom stereocenters. The van der Waals surface area contributed by atoms with Crippen molar-refractivity contribution in [3.05, 3.63) is 90.1 Å². The maximum atomic E-state index is 12.6. The molecule has 3 nitrogen and oxygen atoms in total. The van der Waals surface area contributed by atoms with E-state index >= 15 is 0 Å². The highest BCUT2D eigenvalue weighted by molar-refractivity contribution is 5.84. The van der Waals surface area contributed by atoms with Crippen molar-refractivity contribution >= 4 is 10.9 Å². The second kappa shape index (κ2) is 7.54. The number of hydrogen-bond acceptors (Lipinski definition) is 2. The van der Waals surface area contributed by atoms with Gasteiger partial charge in [0.25, 0.3) is 0 Å². The molecule has 0 spiro atoms. The van der Waals surface area contributed by atoms with Crippen LogP contribution in [0.3, 0.4) is 0 Å². The van der Waals surface area contributed by atoms with Gasteiger partial charge in [-0.15, -0.1) is 13.2 Å². The van der Waals surface area contributed by atoms with Crippen molar-refractivity contribution in [1.29, 1.82) is 0 Å². The number of fused-ring (bicyclic) bond motifs is 1. The lowest BCUT2D eigenvalue weighted by Crippen LogP contribution is -2.17. The Hall–Kier alpha value is -3.41. The second-order valence-corrected chi connectivity index (χ2v) is 6.66. The molecule has 1 heterocycles. The van der Waals surface area contributed by atoms with Crippen LogP contribution in [0.5, 0.6) is 11.5 Å². The fourth-order valence-electron chi connectivity index (χ4n) is 3.31. The normalized spacial score (nSPS) is 11.6. The van der Waals surface area contributed by atoms with Crippen molar-refractivity contribution in [2.24, 2.45) is 0 Å². The number of ether oxygens (including phenoxy) is 2. The molecular formula is C23H18F3NO2. The van der Waals surface area contributed by atoms with E-state index in [4.69, 9.17) is 4.74 Å². The van der Waals surface area contributed by atoms with Gasteiger partial charge in [-0.25, -0.2) is 0 Å². The minimum absolute atomic E-state index is 0.249. The zero-order valence-electron chi connectivity index (χ0n) is 15.6. The van der Waals surface area contributed by atoms with Gasteiger partial charge in [0.1, 0.15) is 18.1 Å². The lowest BCUT2D eigenvalue weighted by molar-refractivity contribution is -0.274. The van der Waals surface area contributed by atoms with Gasteiger partial charge in [-0.1, -0.05) is 36.4 Å². The summed E-state index contributed by atoms with van der Waals surface area (Å²) in [7, 11) is 0. The Morgan fingerprint density at radius 3 is 2.38 bits per heavy atom. The average Bonchev–Trinajstić information content (AvgIpc) is 3.01. The summed E-state index contributed by atoms with van der Waals surface area (Å²) in [5.41, 5.74) is 3.37. The summed E-state index contributed by atoms with van der Waals surface area (Å²) in [6.07, 6.45) is -4.73. The first kappa shape index (κ1) is 18.9. The second-order valence-electron chi connectivity index (χ2n) is 6.66. The molecule has 1 aromatic heterocycles. The lowest BCUT2D eigenvalue weighted by Gasteiger charge is -2.13. The Bertz CT molecular complexity index is 1130. The van der Waals surface area contributed by atoms with E-state index in [9.17, 15) is 13.2 Å². The molecule has 3 aromatic carbocycles. The summed E-state index contributed by atoms with van der Waals surface area (Å²) in [5.74, 6) is 0.427. The summed E-state index contributed by atoms with van der Waals surface area (Å²) in [5, 5.41) is 0.827. The predicted octanol–water partition coefficient (Wildman–Crippen LogP) is 6.42. The number of nitrogens with zero attached hydrogens (tertiary/aromatic N) is 1. The average molecular weight is 397 g/mol. The van der Waals surface area contributed by atoms with Crippen LogP contribution < -0.4 is 9.47 Å². The van der Waals surface area contributed by atoms with Crippen molar-refractivity contribution in [3.8, 4) is 17.2 Å². The number of hydrogen-bond donors (Lipinski definition) is 0. The maximum absolute atomic E-state index is 12.6. The Labute approximate surface area is 165 Å². The molecule has 0 N–H and O–H groups in total. The topological polar surface area (TPSA) is 23.4 Å². The third-order valence-electron chi connectivity index (χ3n) is 4.52. The summed E-state index contributed by atoms with van der Waals surface area (Å²) < 4.78 is 49.7. The summed E-state index contributed by atoms with van der Waals surface area (Å²) in [6, 6.07) is 23.5. The van der Waals surface area contributed by atoms with Crippen LogP contribution in [0.1, 0.15) is 11.3 Å². The molecule has 0 aliphatic carbocycles. The van der Waals surface area contributed by atoms with Crippen LogP contribution in [0.15, 0.2) is 78.9 Å². The maximum Gasteiger partial charge on any atom is 0.573 e. The smallest absolute Gasteiger partial charge is 0.489 e. The standard InChI is InChI=1S/C23H18F3NO2/c1-16-12-18-10-11-21(29-23(24,25)26)14-22(18)27(16)19-8-5-9-20(13-19)28-15-17-6-3-2-4-7-17/h2-14H,15H2,1H3. The van der Waals surface area contributed by atoms with E-state index in [2.05, 4.69) is 4.74 Å². The fourth-order valence-corrected chi connectivity index (χ4v) is 3.31. The molecule has 0 atom stereocenters. The van der Waals surface area contributed by atoms with Gasteiger partial charge in [-0.3, -0.25) is 0 Å². The van der Waals surface area contributed by atoms with Crippen LogP contribution in [0.4, 0.5) is 13.2 Å². The van der Waals surface area contributed by atoms with Crippen molar-refractivity contribution in [2.75, 3.05) is 0 Å². The SMILES string of the molecule is Cc1cc2ccc(OC(F)(F)F)cc2n1-c1cccc(OCc2ccccc2)c1. The fraction of sp³-hybridized carbons (Fsp3) is 0.130. The molecule has 4 rings (SSSR count). The molecular weight excluding hydrogens is 379 g/mol. The molecule has 6 heteroatoms. The Kier molecular flexibility index (Phi) is 4.92. The molecule has 0 fully saturated rings. The van der Waals surface area contributed by atoms with E-state index in [0.717, 1.165) is 22.3 Å². The summed E-state index contributed by atoms with van der Waals surface area (Å²) in [4.78, 5) is 0. The van der Waals surface area contributed by atoms with Crippen molar-refractivity contribution < 1.29 is 22.6 Å². The number of aromatic nitrogens is 1. The predicted molar refractivity (Wildman–Crippen MR) is 105 cm³/mol. The van der Waals surface area contributed by atoms with Crippen LogP contribution in [0.2, 0.25) is 0 Å². The van der Waals surface area contributed by atoms with Crippen molar-refractivity contribution in [1.82, 2.24) is 4.57 Å². The molecule has 0 radical (unpaired) electrons. The van der Waals surface area contributed by atoms with Crippen LogP contribution in [0, 0.1) is 6.92 Å². The first-order valence-corrected chi connectivity index (χ1v) is 9.04. The van der Waals surface area contributed by atoms with Gasteiger partial charge in [0.05, 0.1) is 5.52 Å². The highest BCUT2D eigenvalue weighted by Crippen LogP contribution is 2.31. The van der Waals surface area contributed by atoms with Gasteiger partial charge < -0.3 is 14.0 Å². The van der Waals surface area contributed by atoms with Gasteiger partial charge in [0.15, 0.2) is 0 Å². The zero-order valence-corrected chi connectivity index (χ0v) is 15.6. The number of alkyl halides is 3.